The number of nitrogens with zero attached hydrogens (tertiary/aromatic N) is 1. The molecule has 0 bridgehead atoms. The van der Waals surface area contributed by atoms with Crippen molar-refractivity contribution in [2.45, 2.75) is 18.7 Å². The third kappa shape index (κ3) is 3.72. The Morgan fingerprint density at radius 2 is 1.87 bits per heavy atom. The summed E-state index contributed by atoms with van der Waals surface area (Å²) in [4.78, 5) is 13.0. The normalized spacial score (nSPS) is 15.4. The van der Waals surface area contributed by atoms with Gasteiger partial charge >= 0.3 is 0 Å². The number of anilines is 1. The second-order valence-corrected chi connectivity index (χ2v) is 9.47. The lowest BCUT2D eigenvalue weighted by atomic mass is 10.1. The monoisotopic (exact) mass is 448 g/mol. The van der Waals surface area contributed by atoms with Crippen LogP contribution >= 0.6 is 11.6 Å². The largest absolute Gasteiger partial charge is 0.449 e. The second kappa shape index (κ2) is 8.03. The average Bonchev–Trinajstić information content (AvgIpc) is 3.08. The highest BCUT2D eigenvalue weighted by Crippen LogP contribution is 2.31. The average molecular weight is 449 g/mol. The number of sulfonamides is 1. The molecule has 30 heavy (non-hydrogen) atoms. The lowest BCUT2D eigenvalue weighted by Crippen LogP contribution is -2.40. The quantitative estimate of drug-likeness (QED) is 0.652. The minimum atomic E-state index is -3.67. The molecular weight excluding hydrogens is 428 g/mol. The molecule has 1 amide bonds. The van der Waals surface area contributed by atoms with Crippen molar-refractivity contribution in [3.05, 3.63) is 58.3 Å². The molecular formula is C21H21ClN2O5S. The van der Waals surface area contributed by atoms with E-state index in [0.717, 1.165) is 10.9 Å². The third-order valence-electron chi connectivity index (χ3n) is 5.19. The zero-order valence-corrected chi connectivity index (χ0v) is 18.1. The van der Waals surface area contributed by atoms with Gasteiger partial charge in [0.1, 0.15) is 0 Å². The van der Waals surface area contributed by atoms with Crippen molar-refractivity contribution in [1.29, 1.82) is 0 Å². The maximum absolute atomic E-state index is 12.9. The van der Waals surface area contributed by atoms with E-state index in [-0.39, 0.29) is 10.7 Å². The van der Waals surface area contributed by atoms with Crippen molar-refractivity contribution in [3.63, 3.8) is 0 Å². The van der Waals surface area contributed by atoms with E-state index in [0.29, 0.717) is 48.2 Å². The zero-order chi connectivity index (χ0) is 21.5. The van der Waals surface area contributed by atoms with Gasteiger partial charge in [0.05, 0.1) is 23.1 Å². The Hall–Kier alpha value is -2.39. The molecule has 1 aliphatic rings. The number of ether oxygens (including phenoxy) is 1. The van der Waals surface area contributed by atoms with Gasteiger partial charge in [0.15, 0.2) is 11.3 Å². The van der Waals surface area contributed by atoms with Crippen LogP contribution in [0.15, 0.2) is 45.7 Å². The highest BCUT2D eigenvalue weighted by molar-refractivity contribution is 7.89. The number of rotatable bonds is 4. The second-order valence-electron chi connectivity index (χ2n) is 7.12. The van der Waals surface area contributed by atoms with Crippen molar-refractivity contribution < 1.29 is 22.4 Å². The van der Waals surface area contributed by atoms with Crippen molar-refractivity contribution in [2.75, 3.05) is 31.6 Å². The minimum Gasteiger partial charge on any atom is -0.449 e. The van der Waals surface area contributed by atoms with Crippen LogP contribution in [-0.2, 0) is 14.8 Å². The van der Waals surface area contributed by atoms with E-state index in [4.69, 9.17) is 20.8 Å². The smallest absolute Gasteiger partial charge is 0.291 e. The standard InChI is InChI=1S/C21H21ClN2O5S/c1-13-6-7-15(30(26,27)24-8-10-28-11-9-24)12-18(13)23-21(25)19-14(2)16-4-3-5-17(22)20(16)29-19/h3-7,12H,8-11H2,1-2H3,(H,23,25). The number of halogens is 1. The van der Waals surface area contributed by atoms with E-state index in [1.165, 1.54) is 10.4 Å². The molecule has 1 aliphatic heterocycles. The number of aryl methyl sites for hydroxylation is 2. The summed E-state index contributed by atoms with van der Waals surface area (Å²) in [6.07, 6.45) is 0. The van der Waals surface area contributed by atoms with Gasteiger partial charge in [-0.25, -0.2) is 8.42 Å². The molecule has 1 aromatic heterocycles. The molecule has 4 rings (SSSR count). The summed E-state index contributed by atoms with van der Waals surface area (Å²) in [5.74, 6) is -0.331. The molecule has 9 heteroatoms. The Balaban J connectivity index is 1.65. The van der Waals surface area contributed by atoms with Crippen LogP contribution in [0.5, 0.6) is 0 Å². The van der Waals surface area contributed by atoms with E-state index >= 15 is 0 Å². The van der Waals surface area contributed by atoms with E-state index in [9.17, 15) is 13.2 Å². The Labute approximate surface area is 179 Å². The number of amides is 1. The summed E-state index contributed by atoms with van der Waals surface area (Å²) in [5.41, 5.74) is 2.25. The zero-order valence-electron chi connectivity index (χ0n) is 16.6. The Kier molecular flexibility index (Phi) is 5.59. The van der Waals surface area contributed by atoms with Crippen molar-refractivity contribution in [2.24, 2.45) is 0 Å². The fraction of sp³-hybridized carbons (Fsp3) is 0.286. The van der Waals surface area contributed by atoms with E-state index in [2.05, 4.69) is 5.32 Å². The van der Waals surface area contributed by atoms with E-state index in [1.54, 1.807) is 38.1 Å². The predicted molar refractivity (Wildman–Crippen MR) is 115 cm³/mol. The summed E-state index contributed by atoms with van der Waals surface area (Å²) < 4.78 is 38.2. The van der Waals surface area contributed by atoms with E-state index < -0.39 is 15.9 Å². The van der Waals surface area contributed by atoms with Crippen molar-refractivity contribution in [3.8, 4) is 0 Å². The predicted octanol–water partition coefficient (Wildman–Crippen LogP) is 3.98. The highest BCUT2D eigenvalue weighted by atomic mass is 35.5. The lowest BCUT2D eigenvalue weighted by Gasteiger charge is -2.26. The molecule has 1 N–H and O–H groups in total. The number of para-hydroxylation sites is 1. The van der Waals surface area contributed by atoms with Gasteiger partial charge in [0.25, 0.3) is 5.91 Å². The van der Waals surface area contributed by atoms with Gasteiger partial charge in [0.2, 0.25) is 10.0 Å². The molecule has 0 aliphatic carbocycles. The van der Waals surface area contributed by atoms with Crippen LogP contribution in [0.25, 0.3) is 11.0 Å². The highest BCUT2D eigenvalue weighted by Gasteiger charge is 2.27. The van der Waals surface area contributed by atoms with Crippen molar-refractivity contribution >= 4 is 44.2 Å². The van der Waals surface area contributed by atoms with Crippen LogP contribution in [0.2, 0.25) is 5.02 Å². The van der Waals surface area contributed by atoms with Gasteiger partial charge in [-0.15, -0.1) is 0 Å². The summed E-state index contributed by atoms with van der Waals surface area (Å²) in [5, 5.41) is 3.96. The molecule has 0 spiro atoms. The van der Waals surface area contributed by atoms with Gasteiger partial charge in [-0.1, -0.05) is 29.8 Å². The first kappa shape index (κ1) is 20.9. The SMILES string of the molecule is Cc1ccc(S(=O)(=O)N2CCOCC2)cc1NC(=O)c1oc2c(Cl)cccc2c1C. The minimum absolute atomic E-state index is 0.120. The molecule has 0 saturated carbocycles. The fourth-order valence-electron chi connectivity index (χ4n) is 3.44. The first-order valence-electron chi connectivity index (χ1n) is 9.46. The number of hydrogen-bond donors (Lipinski definition) is 1. The molecule has 158 valence electrons. The molecule has 1 fully saturated rings. The molecule has 0 unspecified atom stereocenters. The van der Waals surface area contributed by atoms with Gasteiger partial charge in [0, 0.05) is 29.7 Å². The van der Waals surface area contributed by atoms with Crippen LogP contribution in [0.4, 0.5) is 5.69 Å². The van der Waals surface area contributed by atoms with Crippen LogP contribution in [0, 0.1) is 13.8 Å². The maximum atomic E-state index is 12.9. The van der Waals surface area contributed by atoms with Gasteiger partial charge in [-0.05, 0) is 37.6 Å². The van der Waals surface area contributed by atoms with Gasteiger partial charge < -0.3 is 14.5 Å². The number of carbonyl (C=O) groups is 1. The number of nitrogens with one attached hydrogen (secondary N) is 1. The first-order chi connectivity index (χ1) is 14.3. The molecule has 0 atom stereocenters. The van der Waals surface area contributed by atoms with Gasteiger partial charge in [-0.3, -0.25) is 4.79 Å². The fourth-order valence-corrected chi connectivity index (χ4v) is 5.08. The van der Waals surface area contributed by atoms with Crippen molar-refractivity contribution in [1.82, 2.24) is 4.31 Å². The number of fused-ring (bicyclic) bond motifs is 1. The number of hydrogen-bond acceptors (Lipinski definition) is 5. The van der Waals surface area contributed by atoms with Crippen LogP contribution in [0.3, 0.4) is 0 Å². The number of carbonyl (C=O) groups excluding carboxylic acids is 1. The van der Waals surface area contributed by atoms with E-state index in [1.807, 2.05) is 6.07 Å². The van der Waals surface area contributed by atoms with Crippen LogP contribution in [0.1, 0.15) is 21.7 Å². The van der Waals surface area contributed by atoms with Crippen LogP contribution in [-0.4, -0.2) is 44.9 Å². The summed E-state index contributed by atoms with van der Waals surface area (Å²) >= 11 is 6.17. The Bertz CT molecular complexity index is 1230. The number of furan rings is 1. The molecule has 1 saturated heterocycles. The lowest BCUT2D eigenvalue weighted by molar-refractivity contribution is 0.0730. The first-order valence-corrected chi connectivity index (χ1v) is 11.3. The summed E-state index contributed by atoms with van der Waals surface area (Å²) in [6.45, 7) is 4.91. The molecule has 2 heterocycles. The summed E-state index contributed by atoms with van der Waals surface area (Å²) in [7, 11) is -3.67. The Morgan fingerprint density at radius 1 is 1.13 bits per heavy atom. The molecule has 7 nitrogen and oxygen atoms in total. The molecule has 3 aromatic rings. The maximum Gasteiger partial charge on any atom is 0.291 e. The molecule has 0 radical (unpaired) electrons. The summed E-state index contributed by atoms with van der Waals surface area (Å²) in [6, 6.07) is 10.0. The molecule has 2 aromatic carbocycles. The number of morpholine rings is 1. The van der Waals surface area contributed by atoms with Crippen LogP contribution < -0.4 is 5.32 Å². The number of benzene rings is 2. The van der Waals surface area contributed by atoms with Gasteiger partial charge in [-0.2, -0.15) is 4.31 Å². The topological polar surface area (TPSA) is 88.9 Å². The third-order valence-corrected chi connectivity index (χ3v) is 7.38. The Morgan fingerprint density at radius 3 is 2.57 bits per heavy atom.